The minimum absolute atomic E-state index is 0.0447. The van der Waals surface area contributed by atoms with Crippen LogP contribution in [0.5, 0.6) is 5.75 Å². The van der Waals surface area contributed by atoms with E-state index in [1.165, 1.54) is 24.0 Å². The van der Waals surface area contributed by atoms with Gasteiger partial charge in [0.2, 0.25) is 0 Å². The smallest absolute Gasteiger partial charge is 0.251 e. The van der Waals surface area contributed by atoms with Gasteiger partial charge in [-0.25, -0.2) is 4.98 Å². The van der Waals surface area contributed by atoms with Crippen molar-refractivity contribution < 1.29 is 4.74 Å². The first-order chi connectivity index (χ1) is 10.2. The fraction of sp³-hybridized carbons (Fsp3) is 0.333. The molecule has 0 spiro atoms. The second-order valence-electron chi connectivity index (χ2n) is 4.59. The molecule has 0 saturated carbocycles. The summed E-state index contributed by atoms with van der Waals surface area (Å²) < 4.78 is 5.42. The first-order valence-electron chi connectivity index (χ1n) is 6.76. The van der Waals surface area contributed by atoms with Crippen LogP contribution >= 0.6 is 11.8 Å². The predicted octanol–water partition coefficient (Wildman–Crippen LogP) is 2.35. The normalized spacial score (nSPS) is 13.7. The molecule has 5 nitrogen and oxygen atoms in total. The van der Waals surface area contributed by atoms with Crippen molar-refractivity contribution in [3.8, 4) is 5.75 Å². The minimum atomic E-state index is -0.170. The first-order valence-corrected chi connectivity index (χ1v) is 7.64. The zero-order valence-corrected chi connectivity index (χ0v) is 12.9. The summed E-state index contributed by atoms with van der Waals surface area (Å²) in [4.78, 5) is 18.3. The van der Waals surface area contributed by atoms with Crippen molar-refractivity contribution >= 4 is 11.8 Å². The quantitative estimate of drug-likeness (QED) is 0.632. The molecule has 2 atom stereocenters. The molecule has 0 aliphatic heterocycles. The number of hydrogen-bond acceptors (Lipinski definition) is 5. The highest BCUT2D eigenvalue weighted by molar-refractivity contribution is 7.99. The van der Waals surface area contributed by atoms with Crippen LogP contribution in [0.3, 0.4) is 0 Å². The lowest BCUT2D eigenvalue weighted by Crippen LogP contribution is -2.26. The fourth-order valence-electron chi connectivity index (χ4n) is 2.03. The minimum Gasteiger partial charge on any atom is -0.496 e. The third-order valence-electron chi connectivity index (χ3n) is 3.19. The van der Waals surface area contributed by atoms with Gasteiger partial charge in [0.25, 0.3) is 5.56 Å². The summed E-state index contributed by atoms with van der Waals surface area (Å²) in [6.07, 6.45) is 2.31. The number of para-hydroxylation sites is 1. The Bertz CT molecular complexity index is 645. The number of thioether (sulfide) groups is 1. The van der Waals surface area contributed by atoms with E-state index in [0.29, 0.717) is 5.16 Å². The molecule has 0 amide bonds. The Balaban J connectivity index is 2.37. The Morgan fingerprint density at radius 1 is 1.38 bits per heavy atom. The Kier molecular flexibility index (Phi) is 5.41. The molecular formula is C15H19N3O2S. The molecule has 1 heterocycles. The number of hydrogen-bond donors (Lipinski definition) is 2. The van der Waals surface area contributed by atoms with E-state index in [-0.39, 0.29) is 16.9 Å². The summed E-state index contributed by atoms with van der Waals surface area (Å²) in [6.45, 7) is 2.04. The van der Waals surface area contributed by atoms with Gasteiger partial charge in [0.05, 0.1) is 12.4 Å². The van der Waals surface area contributed by atoms with Gasteiger partial charge >= 0.3 is 0 Å². The summed E-state index contributed by atoms with van der Waals surface area (Å²) >= 11 is 1.45. The lowest BCUT2D eigenvalue weighted by atomic mass is 10.0. The van der Waals surface area contributed by atoms with E-state index >= 15 is 0 Å². The van der Waals surface area contributed by atoms with E-state index in [1.54, 1.807) is 7.11 Å². The number of benzene rings is 1. The summed E-state index contributed by atoms with van der Waals surface area (Å²) in [5.74, 6) is 0.789. The monoisotopic (exact) mass is 305 g/mol. The average molecular weight is 305 g/mol. The lowest BCUT2D eigenvalue weighted by molar-refractivity contribution is 0.407. The van der Waals surface area contributed by atoms with E-state index in [2.05, 4.69) is 9.97 Å². The van der Waals surface area contributed by atoms with Crippen molar-refractivity contribution in [3.05, 3.63) is 52.4 Å². The number of ether oxygens (including phenoxy) is 1. The SMILES string of the molecule is CCC(N)C(Sc1nccc(=O)[nH]1)c1ccccc1OC. The van der Waals surface area contributed by atoms with Gasteiger partial charge in [0, 0.05) is 23.9 Å². The molecule has 0 aliphatic carbocycles. The molecule has 1 aromatic heterocycles. The summed E-state index contributed by atoms with van der Waals surface area (Å²) in [7, 11) is 1.64. The zero-order valence-electron chi connectivity index (χ0n) is 12.1. The Labute approximate surface area is 127 Å². The van der Waals surface area contributed by atoms with Gasteiger partial charge in [0.1, 0.15) is 5.75 Å². The van der Waals surface area contributed by atoms with Gasteiger partial charge in [-0.1, -0.05) is 36.9 Å². The van der Waals surface area contributed by atoms with Crippen molar-refractivity contribution in [1.82, 2.24) is 9.97 Å². The molecule has 21 heavy (non-hydrogen) atoms. The lowest BCUT2D eigenvalue weighted by Gasteiger charge is -2.23. The summed E-state index contributed by atoms with van der Waals surface area (Å²) in [5, 5.41) is 0.513. The van der Waals surface area contributed by atoms with Crippen molar-refractivity contribution in [2.24, 2.45) is 5.73 Å². The Hall–Kier alpha value is -1.79. The number of nitrogens with two attached hydrogens (primary N) is 1. The van der Waals surface area contributed by atoms with Gasteiger partial charge in [-0.05, 0) is 12.5 Å². The van der Waals surface area contributed by atoms with Crippen molar-refractivity contribution in [2.45, 2.75) is 29.8 Å². The Morgan fingerprint density at radius 3 is 2.81 bits per heavy atom. The van der Waals surface area contributed by atoms with Gasteiger partial charge in [-0.15, -0.1) is 0 Å². The van der Waals surface area contributed by atoms with Crippen LogP contribution < -0.4 is 16.0 Å². The maximum Gasteiger partial charge on any atom is 0.251 e. The van der Waals surface area contributed by atoms with Crippen molar-refractivity contribution in [3.63, 3.8) is 0 Å². The highest BCUT2D eigenvalue weighted by Crippen LogP contribution is 2.40. The van der Waals surface area contributed by atoms with Crippen LogP contribution in [-0.4, -0.2) is 23.1 Å². The van der Waals surface area contributed by atoms with E-state index in [0.717, 1.165) is 17.7 Å². The van der Waals surface area contributed by atoms with Gasteiger partial charge in [-0.3, -0.25) is 4.79 Å². The highest BCUT2D eigenvalue weighted by atomic mass is 32.2. The van der Waals surface area contributed by atoms with Crippen LogP contribution in [0.1, 0.15) is 24.2 Å². The number of nitrogens with zero attached hydrogens (tertiary/aromatic N) is 1. The molecule has 112 valence electrons. The summed E-state index contributed by atoms with van der Waals surface area (Å²) in [5.41, 5.74) is 7.10. The van der Waals surface area contributed by atoms with Crippen LogP contribution in [0.4, 0.5) is 0 Å². The number of nitrogens with one attached hydrogen (secondary N) is 1. The standard InChI is InChI=1S/C15H19N3O2S/c1-3-11(16)14(10-6-4-5-7-12(10)20-2)21-15-17-9-8-13(19)18-15/h4-9,11,14H,3,16H2,1-2H3,(H,17,18,19). The molecule has 0 bridgehead atoms. The number of methoxy groups -OCH3 is 1. The number of aromatic nitrogens is 2. The van der Waals surface area contributed by atoms with Gasteiger partial charge in [0.15, 0.2) is 5.16 Å². The third-order valence-corrected chi connectivity index (χ3v) is 4.48. The van der Waals surface area contributed by atoms with Crippen molar-refractivity contribution in [1.29, 1.82) is 0 Å². The molecule has 2 aromatic rings. The molecule has 0 aliphatic rings. The van der Waals surface area contributed by atoms with Crippen LogP contribution in [-0.2, 0) is 0 Å². The van der Waals surface area contributed by atoms with Crippen LogP contribution in [0.25, 0.3) is 0 Å². The molecule has 0 fully saturated rings. The number of rotatable bonds is 6. The molecule has 6 heteroatoms. The van der Waals surface area contributed by atoms with E-state index in [1.807, 2.05) is 31.2 Å². The molecule has 2 rings (SSSR count). The maximum atomic E-state index is 11.4. The molecule has 3 N–H and O–H groups in total. The maximum absolute atomic E-state index is 11.4. The number of H-pyrrole nitrogens is 1. The van der Waals surface area contributed by atoms with Crippen molar-refractivity contribution in [2.75, 3.05) is 7.11 Å². The fourth-order valence-corrected chi connectivity index (χ4v) is 3.24. The molecule has 1 aromatic carbocycles. The highest BCUT2D eigenvalue weighted by Gasteiger charge is 2.24. The summed E-state index contributed by atoms with van der Waals surface area (Å²) in [6, 6.07) is 9.09. The second-order valence-corrected chi connectivity index (χ2v) is 5.72. The molecule has 0 radical (unpaired) electrons. The topological polar surface area (TPSA) is 81.0 Å². The third kappa shape index (κ3) is 3.86. The first kappa shape index (κ1) is 15.6. The van der Waals surface area contributed by atoms with E-state index in [9.17, 15) is 4.79 Å². The van der Waals surface area contributed by atoms with Crippen LogP contribution in [0.2, 0.25) is 0 Å². The van der Waals surface area contributed by atoms with Crippen LogP contribution in [0.15, 0.2) is 46.5 Å². The largest absolute Gasteiger partial charge is 0.496 e. The number of aromatic amines is 1. The average Bonchev–Trinajstić information content (AvgIpc) is 2.52. The zero-order chi connectivity index (χ0) is 15.2. The van der Waals surface area contributed by atoms with E-state index < -0.39 is 0 Å². The van der Waals surface area contributed by atoms with Gasteiger partial charge < -0.3 is 15.5 Å². The van der Waals surface area contributed by atoms with Crippen LogP contribution in [0, 0.1) is 0 Å². The predicted molar refractivity (Wildman–Crippen MR) is 84.7 cm³/mol. The second kappa shape index (κ2) is 7.28. The van der Waals surface area contributed by atoms with E-state index in [4.69, 9.17) is 10.5 Å². The molecular weight excluding hydrogens is 286 g/mol. The molecule has 0 saturated heterocycles. The molecule has 2 unspecified atom stereocenters. The Morgan fingerprint density at radius 2 is 2.14 bits per heavy atom. The van der Waals surface area contributed by atoms with Gasteiger partial charge in [-0.2, -0.15) is 0 Å².